The lowest BCUT2D eigenvalue weighted by Crippen LogP contribution is -2.47. The average Bonchev–Trinajstić information content (AvgIpc) is 3.37. The molecule has 2 amide bonds. The number of amides is 2. The summed E-state index contributed by atoms with van der Waals surface area (Å²) in [5, 5.41) is 10.5. The number of epoxide rings is 1. The number of allylic oxidation sites excluding steroid dienone is 1. The Kier molecular flexibility index (Phi) is 3.06. The van der Waals surface area contributed by atoms with Gasteiger partial charge in [0.1, 0.15) is 23.8 Å². The monoisotopic (exact) mass is 361 g/mol. The SMILES string of the molecule is O=C1C2=CC[C@@H]3C(=O)N(c4ccc(F)cc4F)C(=O)[C@H]3[C@H]2[C@H](O)[C@H]2O[C@H]12. The zero-order chi connectivity index (χ0) is 18.3. The fourth-order valence-corrected chi connectivity index (χ4v) is 4.51. The van der Waals surface area contributed by atoms with E-state index in [9.17, 15) is 28.3 Å². The molecule has 3 fully saturated rings. The minimum atomic E-state index is -1.08. The number of hydrogen-bond donors (Lipinski definition) is 1. The van der Waals surface area contributed by atoms with Gasteiger partial charge in [-0.2, -0.15) is 0 Å². The topological polar surface area (TPSA) is 87.2 Å². The Morgan fingerprint density at radius 3 is 2.62 bits per heavy atom. The second kappa shape index (κ2) is 5.05. The standard InChI is InChI=1S/C18H13F2NO5/c19-6-1-4-10(9(20)5-6)21-17(24)8-3-2-7-11(12(8)18(21)25)14(23)16-15(26-16)13(7)22/h1-2,4-5,8,11-12,14-16,23H,3H2/t8-,11-,12+,14-,15+,16+/m0/s1. The van der Waals surface area contributed by atoms with Crippen molar-refractivity contribution in [3.63, 3.8) is 0 Å². The third-order valence-corrected chi connectivity index (χ3v) is 5.74. The van der Waals surface area contributed by atoms with Crippen LogP contribution in [0.1, 0.15) is 6.42 Å². The molecule has 0 aromatic heterocycles. The van der Waals surface area contributed by atoms with Gasteiger partial charge in [-0.1, -0.05) is 6.08 Å². The van der Waals surface area contributed by atoms with Gasteiger partial charge in [0.25, 0.3) is 0 Å². The molecular formula is C18H13F2NO5. The van der Waals surface area contributed by atoms with E-state index in [0.717, 1.165) is 12.1 Å². The normalized spacial score (nSPS) is 37.9. The third-order valence-electron chi connectivity index (χ3n) is 5.74. The van der Waals surface area contributed by atoms with Crippen LogP contribution in [0.25, 0.3) is 0 Å². The summed E-state index contributed by atoms with van der Waals surface area (Å²) in [6.07, 6.45) is -0.697. The molecule has 6 atom stereocenters. The van der Waals surface area contributed by atoms with E-state index >= 15 is 0 Å². The van der Waals surface area contributed by atoms with Gasteiger partial charge in [-0.15, -0.1) is 0 Å². The fourth-order valence-electron chi connectivity index (χ4n) is 4.51. The lowest BCUT2D eigenvalue weighted by molar-refractivity contribution is -0.126. The number of carbonyl (C=O) groups is 3. The number of rotatable bonds is 1. The molecule has 0 bridgehead atoms. The molecule has 0 radical (unpaired) electrons. The number of aliphatic hydroxyl groups is 1. The van der Waals surface area contributed by atoms with Crippen LogP contribution in [-0.4, -0.2) is 41.0 Å². The maximum absolute atomic E-state index is 14.1. The van der Waals surface area contributed by atoms with Crippen molar-refractivity contribution in [3.8, 4) is 0 Å². The van der Waals surface area contributed by atoms with Crippen LogP contribution in [0.3, 0.4) is 0 Å². The molecule has 2 heterocycles. The smallest absolute Gasteiger partial charge is 0.238 e. The quantitative estimate of drug-likeness (QED) is 0.589. The summed E-state index contributed by atoms with van der Waals surface area (Å²) in [7, 11) is 0. The highest BCUT2D eigenvalue weighted by Gasteiger charge is 2.65. The number of halogens is 2. The molecule has 1 saturated carbocycles. The molecule has 8 heteroatoms. The van der Waals surface area contributed by atoms with E-state index in [1.165, 1.54) is 0 Å². The highest BCUT2D eigenvalue weighted by atomic mass is 19.1. The Hall–Kier alpha value is -2.45. The molecule has 2 aliphatic carbocycles. The Morgan fingerprint density at radius 1 is 1.12 bits per heavy atom. The van der Waals surface area contributed by atoms with Gasteiger partial charge in [0.2, 0.25) is 11.8 Å². The molecular weight excluding hydrogens is 348 g/mol. The maximum atomic E-state index is 14.1. The molecule has 1 aromatic carbocycles. The zero-order valence-electron chi connectivity index (χ0n) is 13.3. The van der Waals surface area contributed by atoms with Crippen LogP contribution < -0.4 is 4.90 Å². The lowest BCUT2D eigenvalue weighted by Gasteiger charge is -2.35. The van der Waals surface area contributed by atoms with Gasteiger partial charge in [0, 0.05) is 17.6 Å². The second-order valence-corrected chi connectivity index (χ2v) is 7.04. The van der Waals surface area contributed by atoms with Crippen LogP contribution in [0.2, 0.25) is 0 Å². The van der Waals surface area contributed by atoms with Crippen molar-refractivity contribution in [2.75, 3.05) is 4.90 Å². The molecule has 1 N–H and O–H groups in total. The van der Waals surface area contributed by atoms with Crippen molar-refractivity contribution in [1.29, 1.82) is 0 Å². The molecule has 2 aliphatic heterocycles. The van der Waals surface area contributed by atoms with Crippen LogP contribution in [0.15, 0.2) is 29.8 Å². The van der Waals surface area contributed by atoms with Gasteiger partial charge < -0.3 is 9.84 Å². The number of Topliss-reactive ketones (excluding diaryl/α,β-unsaturated/α-hetero) is 1. The fraction of sp³-hybridized carbons (Fsp3) is 0.389. The first-order chi connectivity index (χ1) is 12.4. The molecule has 0 unspecified atom stereocenters. The number of ether oxygens (including phenoxy) is 1. The lowest BCUT2D eigenvalue weighted by atomic mass is 9.66. The Bertz CT molecular complexity index is 913. The molecule has 0 spiro atoms. The summed E-state index contributed by atoms with van der Waals surface area (Å²) >= 11 is 0. The molecule has 4 aliphatic rings. The van der Waals surface area contributed by atoms with Crippen molar-refractivity contribution >= 4 is 23.3 Å². The van der Waals surface area contributed by atoms with Crippen molar-refractivity contribution in [1.82, 2.24) is 0 Å². The Balaban J connectivity index is 1.57. The summed E-state index contributed by atoms with van der Waals surface area (Å²) in [6, 6.07) is 2.60. The van der Waals surface area contributed by atoms with Gasteiger partial charge in [0.05, 0.1) is 23.6 Å². The van der Waals surface area contributed by atoms with Crippen molar-refractivity contribution < 1.29 is 33.0 Å². The van der Waals surface area contributed by atoms with E-state index in [-0.39, 0.29) is 17.9 Å². The molecule has 5 rings (SSSR count). The number of ketones is 1. The van der Waals surface area contributed by atoms with Crippen LogP contribution in [0.5, 0.6) is 0 Å². The largest absolute Gasteiger partial charge is 0.390 e. The van der Waals surface area contributed by atoms with E-state index in [4.69, 9.17) is 4.74 Å². The minimum Gasteiger partial charge on any atom is -0.390 e. The molecule has 26 heavy (non-hydrogen) atoms. The molecule has 1 aromatic rings. The molecule has 6 nitrogen and oxygen atoms in total. The van der Waals surface area contributed by atoms with Gasteiger partial charge in [0.15, 0.2) is 5.78 Å². The van der Waals surface area contributed by atoms with Crippen molar-refractivity contribution in [3.05, 3.63) is 41.5 Å². The number of nitrogens with zero attached hydrogens (tertiary/aromatic N) is 1. The summed E-state index contributed by atoms with van der Waals surface area (Å²) in [4.78, 5) is 38.8. The van der Waals surface area contributed by atoms with Crippen LogP contribution in [0, 0.1) is 29.4 Å². The Labute approximate surface area is 146 Å². The number of fused-ring (bicyclic) bond motifs is 4. The zero-order valence-corrected chi connectivity index (χ0v) is 13.3. The van der Waals surface area contributed by atoms with Gasteiger partial charge in [-0.05, 0) is 18.6 Å². The predicted octanol–water partition coefficient (Wildman–Crippen LogP) is 0.728. The Morgan fingerprint density at radius 2 is 1.88 bits per heavy atom. The summed E-state index contributed by atoms with van der Waals surface area (Å²) in [5.74, 6) is -6.02. The van der Waals surface area contributed by atoms with E-state index in [0.29, 0.717) is 16.5 Å². The van der Waals surface area contributed by atoms with E-state index in [2.05, 4.69) is 0 Å². The summed E-state index contributed by atoms with van der Waals surface area (Å²) in [5.41, 5.74) is -0.0189. The van der Waals surface area contributed by atoms with Crippen molar-refractivity contribution in [2.24, 2.45) is 17.8 Å². The average molecular weight is 361 g/mol. The maximum Gasteiger partial charge on any atom is 0.238 e. The van der Waals surface area contributed by atoms with Crippen LogP contribution >= 0.6 is 0 Å². The number of hydrogen-bond acceptors (Lipinski definition) is 5. The van der Waals surface area contributed by atoms with E-state index in [1.807, 2.05) is 0 Å². The summed E-state index contributed by atoms with van der Waals surface area (Å²) in [6.45, 7) is 0. The van der Waals surface area contributed by atoms with Crippen molar-refractivity contribution in [2.45, 2.75) is 24.7 Å². The first-order valence-corrected chi connectivity index (χ1v) is 8.31. The van der Waals surface area contributed by atoms with Gasteiger partial charge in [-0.25, -0.2) is 13.7 Å². The highest BCUT2D eigenvalue weighted by Crippen LogP contribution is 2.51. The van der Waals surface area contributed by atoms with Gasteiger partial charge in [-0.3, -0.25) is 14.4 Å². The number of aliphatic hydroxyl groups excluding tert-OH is 1. The van der Waals surface area contributed by atoms with E-state index in [1.54, 1.807) is 6.08 Å². The predicted molar refractivity (Wildman–Crippen MR) is 81.7 cm³/mol. The number of imide groups is 1. The number of benzene rings is 1. The van der Waals surface area contributed by atoms with Crippen LogP contribution in [-0.2, 0) is 19.1 Å². The molecule has 134 valence electrons. The van der Waals surface area contributed by atoms with E-state index < -0.39 is 59.5 Å². The first-order valence-electron chi connectivity index (χ1n) is 8.31. The molecule has 2 saturated heterocycles. The summed E-state index contributed by atoms with van der Waals surface area (Å²) < 4.78 is 32.5. The first kappa shape index (κ1) is 15.8. The van der Waals surface area contributed by atoms with Gasteiger partial charge >= 0.3 is 0 Å². The third kappa shape index (κ3) is 1.88. The second-order valence-electron chi connectivity index (χ2n) is 7.04. The number of carbonyl (C=O) groups excluding carboxylic acids is 3. The highest BCUT2D eigenvalue weighted by molar-refractivity contribution is 6.23. The van der Waals surface area contributed by atoms with Crippen LogP contribution in [0.4, 0.5) is 14.5 Å². The number of anilines is 1. The minimum absolute atomic E-state index is 0.149.